The first-order valence-corrected chi connectivity index (χ1v) is 12.8. The van der Waals surface area contributed by atoms with Gasteiger partial charge in [0.15, 0.2) is 0 Å². The number of hydrogen-bond donors (Lipinski definition) is 1. The molecule has 0 aliphatic carbocycles. The van der Waals surface area contributed by atoms with Crippen molar-refractivity contribution in [2.45, 2.75) is 44.1 Å². The minimum absolute atomic E-state index is 0.127. The third kappa shape index (κ3) is 3.62. The van der Waals surface area contributed by atoms with Crippen LogP contribution in [0.15, 0.2) is 48.6 Å². The van der Waals surface area contributed by atoms with Crippen molar-refractivity contribution in [2.75, 3.05) is 38.8 Å². The second kappa shape index (κ2) is 8.99. The zero-order valence-corrected chi connectivity index (χ0v) is 22.0. The molecule has 0 aromatic heterocycles. The van der Waals surface area contributed by atoms with Gasteiger partial charge in [0.2, 0.25) is 11.8 Å². The number of carbonyl (C=O) groups is 3. The predicted molar refractivity (Wildman–Crippen MR) is 137 cm³/mol. The number of methoxy groups -OCH3 is 1. The highest BCUT2D eigenvalue weighted by molar-refractivity contribution is 6.06. The molecule has 4 aliphatic rings. The molecule has 37 heavy (non-hydrogen) atoms. The highest BCUT2D eigenvalue weighted by atomic mass is 16.5. The lowest BCUT2D eigenvalue weighted by molar-refractivity contribution is -0.151. The van der Waals surface area contributed by atoms with E-state index in [0.717, 1.165) is 0 Å². The summed E-state index contributed by atoms with van der Waals surface area (Å²) in [5.74, 6) is -1.99. The molecule has 1 spiro atoms. The summed E-state index contributed by atoms with van der Waals surface area (Å²) >= 11 is 0. The quantitative estimate of drug-likeness (QED) is 0.606. The van der Waals surface area contributed by atoms with Crippen LogP contribution in [0.5, 0.6) is 5.75 Å². The molecule has 6 atom stereocenters. The Labute approximate surface area is 217 Å². The molecule has 5 rings (SSSR count). The molecular formula is C28H35N3O6. The van der Waals surface area contributed by atoms with Crippen LogP contribution in [0, 0.1) is 17.8 Å². The molecule has 1 N–H and O–H groups in total. The van der Waals surface area contributed by atoms with E-state index in [-0.39, 0.29) is 36.8 Å². The Hall–Kier alpha value is -3.17. The monoisotopic (exact) mass is 509 g/mol. The van der Waals surface area contributed by atoms with E-state index >= 15 is 0 Å². The van der Waals surface area contributed by atoms with Gasteiger partial charge in [-0.3, -0.25) is 14.4 Å². The number of anilines is 1. The zero-order chi connectivity index (χ0) is 26.7. The molecular weight excluding hydrogens is 474 g/mol. The maximum Gasteiger partial charge on any atom is 0.253 e. The van der Waals surface area contributed by atoms with Gasteiger partial charge in [0.1, 0.15) is 17.4 Å². The fraction of sp³-hybridized carbons (Fsp3) is 0.536. The van der Waals surface area contributed by atoms with Gasteiger partial charge in [0.05, 0.1) is 37.2 Å². The lowest BCUT2D eigenvalue weighted by Crippen LogP contribution is -2.59. The van der Waals surface area contributed by atoms with Gasteiger partial charge in [-0.2, -0.15) is 0 Å². The number of aliphatic hydroxyl groups is 1. The number of benzene rings is 1. The number of aliphatic hydroxyl groups excluding tert-OH is 1. The van der Waals surface area contributed by atoms with Crippen LogP contribution in [0.3, 0.4) is 0 Å². The van der Waals surface area contributed by atoms with E-state index in [2.05, 4.69) is 0 Å². The number of fused-ring (bicyclic) bond motifs is 2. The van der Waals surface area contributed by atoms with Gasteiger partial charge >= 0.3 is 0 Å². The van der Waals surface area contributed by atoms with Crippen molar-refractivity contribution in [1.82, 2.24) is 9.80 Å². The van der Waals surface area contributed by atoms with Gasteiger partial charge in [-0.25, -0.2) is 0 Å². The molecule has 1 aromatic rings. The predicted octanol–water partition coefficient (Wildman–Crippen LogP) is 1.61. The Kier molecular flexibility index (Phi) is 6.19. The lowest BCUT2D eigenvalue weighted by atomic mass is 9.74. The van der Waals surface area contributed by atoms with E-state index in [4.69, 9.17) is 9.47 Å². The maximum atomic E-state index is 14.4. The van der Waals surface area contributed by atoms with Crippen LogP contribution in [0.4, 0.5) is 5.69 Å². The minimum atomic E-state index is -1.35. The summed E-state index contributed by atoms with van der Waals surface area (Å²) in [6, 6.07) is 5.51. The van der Waals surface area contributed by atoms with Gasteiger partial charge in [0, 0.05) is 25.8 Å². The van der Waals surface area contributed by atoms with E-state index in [1.165, 1.54) is 4.90 Å². The number of rotatable bonds is 5. The first-order chi connectivity index (χ1) is 17.6. The summed E-state index contributed by atoms with van der Waals surface area (Å²) in [5, 5.41) is 10.4. The van der Waals surface area contributed by atoms with Crippen molar-refractivity contribution in [3.63, 3.8) is 0 Å². The second-order valence-corrected chi connectivity index (χ2v) is 10.9. The summed E-state index contributed by atoms with van der Waals surface area (Å²) in [6.07, 6.45) is 7.40. The van der Waals surface area contributed by atoms with Crippen molar-refractivity contribution in [3.05, 3.63) is 48.6 Å². The lowest BCUT2D eigenvalue weighted by Gasteiger charge is -2.41. The molecule has 1 aromatic carbocycles. The van der Waals surface area contributed by atoms with Crippen molar-refractivity contribution in [2.24, 2.45) is 17.8 Å². The highest BCUT2D eigenvalue weighted by Crippen LogP contribution is 2.58. The molecule has 9 heteroatoms. The molecule has 198 valence electrons. The van der Waals surface area contributed by atoms with Crippen LogP contribution in [0.25, 0.3) is 0 Å². The number of likely N-dealkylation sites (N-methyl/N-ethyl adjacent to an activating group) is 1. The van der Waals surface area contributed by atoms with Crippen molar-refractivity contribution in [1.29, 1.82) is 0 Å². The van der Waals surface area contributed by atoms with Crippen LogP contribution in [0.1, 0.15) is 20.8 Å². The molecule has 4 heterocycles. The highest BCUT2D eigenvalue weighted by Gasteiger charge is 2.75. The van der Waals surface area contributed by atoms with Crippen LogP contribution in [-0.4, -0.2) is 89.8 Å². The SMILES string of the molecule is COc1ccc(N2CC=C[C@]34O[C@]5(C)C=CCN(C)C(=O)[C@@H]5[C@H]3C(=O)N([C@@H](CO)C(C)C)C4C2=O)cc1. The van der Waals surface area contributed by atoms with E-state index < -0.39 is 35.1 Å². The molecule has 0 saturated carbocycles. The van der Waals surface area contributed by atoms with Crippen LogP contribution in [0.2, 0.25) is 0 Å². The maximum absolute atomic E-state index is 14.4. The fourth-order valence-electron chi connectivity index (χ4n) is 6.55. The van der Waals surface area contributed by atoms with Crippen molar-refractivity contribution < 1.29 is 29.0 Å². The van der Waals surface area contributed by atoms with Gasteiger partial charge in [-0.05, 0) is 37.1 Å². The van der Waals surface area contributed by atoms with Gasteiger partial charge in [-0.15, -0.1) is 0 Å². The number of nitrogens with zero attached hydrogens (tertiary/aromatic N) is 3. The van der Waals surface area contributed by atoms with Crippen LogP contribution >= 0.6 is 0 Å². The van der Waals surface area contributed by atoms with E-state index in [0.29, 0.717) is 18.0 Å². The first-order valence-electron chi connectivity index (χ1n) is 12.8. The minimum Gasteiger partial charge on any atom is -0.497 e. The Morgan fingerprint density at radius 3 is 2.32 bits per heavy atom. The third-order valence-electron chi connectivity index (χ3n) is 8.39. The zero-order valence-electron chi connectivity index (χ0n) is 22.0. The Morgan fingerprint density at radius 1 is 1.03 bits per heavy atom. The Balaban J connectivity index is 1.67. The molecule has 1 unspecified atom stereocenters. The summed E-state index contributed by atoms with van der Waals surface area (Å²) in [6.45, 7) is 6.02. The third-order valence-corrected chi connectivity index (χ3v) is 8.39. The molecule has 9 nitrogen and oxygen atoms in total. The largest absolute Gasteiger partial charge is 0.497 e. The number of amides is 3. The normalized spacial score (nSPS) is 33.9. The van der Waals surface area contributed by atoms with Gasteiger partial charge < -0.3 is 29.3 Å². The molecule has 0 bridgehead atoms. The van der Waals surface area contributed by atoms with E-state index in [1.54, 1.807) is 48.2 Å². The Bertz CT molecular complexity index is 1160. The Morgan fingerprint density at radius 2 is 1.70 bits per heavy atom. The topological polar surface area (TPSA) is 99.6 Å². The van der Waals surface area contributed by atoms with Gasteiger partial charge in [-0.1, -0.05) is 38.2 Å². The summed E-state index contributed by atoms with van der Waals surface area (Å²) in [4.78, 5) is 47.1. The van der Waals surface area contributed by atoms with E-state index in [9.17, 15) is 19.5 Å². The van der Waals surface area contributed by atoms with Crippen LogP contribution in [-0.2, 0) is 19.1 Å². The average Bonchev–Trinajstić information content (AvgIpc) is 3.14. The van der Waals surface area contributed by atoms with Crippen molar-refractivity contribution in [3.8, 4) is 5.75 Å². The second-order valence-electron chi connectivity index (χ2n) is 10.9. The number of likely N-dealkylation sites (tertiary alicyclic amines) is 1. The summed E-state index contributed by atoms with van der Waals surface area (Å²) < 4.78 is 12.1. The first kappa shape index (κ1) is 25.5. The standard InChI is InChI=1S/C28H35N3O6/c1-17(2)20(16-32)31-23-26(35)30(18-8-10-19(36-5)11-9-18)15-7-13-28(23)22(25(31)34)21-24(33)29(4)14-6-12-27(21,3)37-28/h6-13,17,20-23,32H,14-16H2,1-5H3/t20-,21-,22-,23?,27+,28-/m0/s1. The van der Waals surface area contributed by atoms with Crippen LogP contribution < -0.4 is 9.64 Å². The van der Waals surface area contributed by atoms with Gasteiger partial charge in [0.25, 0.3) is 5.91 Å². The molecule has 3 amide bonds. The fourth-order valence-corrected chi connectivity index (χ4v) is 6.55. The number of ether oxygens (including phenoxy) is 2. The number of carbonyl (C=O) groups excluding carboxylic acids is 3. The molecule has 0 radical (unpaired) electrons. The van der Waals surface area contributed by atoms with E-state index in [1.807, 2.05) is 45.1 Å². The molecule has 4 aliphatic heterocycles. The summed E-state index contributed by atoms with van der Waals surface area (Å²) in [7, 11) is 3.29. The number of hydrogen-bond acceptors (Lipinski definition) is 6. The molecule has 2 saturated heterocycles. The average molecular weight is 510 g/mol. The summed E-state index contributed by atoms with van der Waals surface area (Å²) in [5.41, 5.74) is -1.75. The smallest absolute Gasteiger partial charge is 0.253 e. The molecule has 2 fully saturated rings. The van der Waals surface area contributed by atoms with Crippen molar-refractivity contribution >= 4 is 23.4 Å².